The molecule has 5 rings (SSSR count). The molecule has 2 aliphatic rings. The van der Waals surface area contributed by atoms with E-state index in [1.54, 1.807) is 0 Å². The molecule has 2 heterocycles. The van der Waals surface area contributed by atoms with Crippen LogP contribution in [0.4, 0.5) is 0 Å². The van der Waals surface area contributed by atoms with Crippen LogP contribution in [0.3, 0.4) is 0 Å². The summed E-state index contributed by atoms with van der Waals surface area (Å²) in [6.07, 6.45) is 0. The van der Waals surface area contributed by atoms with Crippen molar-refractivity contribution in [2.75, 3.05) is 0 Å². The third kappa shape index (κ3) is 1.99. The predicted octanol–water partition coefficient (Wildman–Crippen LogP) is 5.14. The highest BCUT2D eigenvalue weighted by Crippen LogP contribution is 2.60. The minimum atomic E-state index is -1.06. The Morgan fingerprint density at radius 2 is 1.42 bits per heavy atom. The Bertz CT molecular complexity index is 951. The molecule has 2 aliphatic heterocycles. The van der Waals surface area contributed by atoms with E-state index >= 15 is 0 Å². The van der Waals surface area contributed by atoms with Crippen LogP contribution in [0.1, 0.15) is 40.7 Å². The average Bonchev–Trinajstić information content (AvgIpc) is 3.07. The van der Waals surface area contributed by atoms with Crippen molar-refractivity contribution in [3.05, 3.63) is 107 Å². The number of fused-ring (bicyclic) bond motifs is 4. The van der Waals surface area contributed by atoms with Crippen LogP contribution in [0.5, 0.6) is 0 Å². The SMILES string of the molecule is Cc1ccc(C23OOC(c4ccccc4)(O2)C(C)c2ccccc23)cc1. The molecule has 0 amide bonds. The highest BCUT2D eigenvalue weighted by Gasteiger charge is 2.63. The summed E-state index contributed by atoms with van der Waals surface area (Å²) in [7, 11) is 0. The summed E-state index contributed by atoms with van der Waals surface area (Å²) in [5, 5.41) is 0. The van der Waals surface area contributed by atoms with Gasteiger partial charge in [-0.1, -0.05) is 91.3 Å². The molecular formula is C23H20O3. The van der Waals surface area contributed by atoms with E-state index in [4.69, 9.17) is 14.5 Å². The molecule has 2 bridgehead atoms. The maximum absolute atomic E-state index is 6.68. The van der Waals surface area contributed by atoms with Crippen molar-refractivity contribution in [3.8, 4) is 0 Å². The number of hydrogen-bond donors (Lipinski definition) is 0. The van der Waals surface area contributed by atoms with E-state index in [2.05, 4.69) is 44.2 Å². The first-order valence-electron chi connectivity index (χ1n) is 8.95. The Morgan fingerprint density at radius 3 is 2.19 bits per heavy atom. The largest absolute Gasteiger partial charge is 0.300 e. The van der Waals surface area contributed by atoms with E-state index in [1.807, 2.05) is 48.5 Å². The number of hydrogen-bond acceptors (Lipinski definition) is 3. The van der Waals surface area contributed by atoms with Crippen molar-refractivity contribution in [2.24, 2.45) is 0 Å². The van der Waals surface area contributed by atoms with E-state index in [-0.39, 0.29) is 5.92 Å². The number of aryl methyl sites for hydroxylation is 1. The topological polar surface area (TPSA) is 27.7 Å². The molecule has 1 saturated heterocycles. The zero-order valence-electron chi connectivity index (χ0n) is 14.8. The van der Waals surface area contributed by atoms with Crippen LogP contribution < -0.4 is 0 Å². The van der Waals surface area contributed by atoms with E-state index in [1.165, 1.54) is 11.1 Å². The average molecular weight is 344 g/mol. The summed E-state index contributed by atoms with van der Waals surface area (Å²) in [5.74, 6) is -2.05. The molecule has 3 aromatic rings. The summed E-state index contributed by atoms with van der Waals surface area (Å²) < 4.78 is 6.68. The summed E-state index contributed by atoms with van der Waals surface area (Å²) in [6.45, 7) is 4.19. The first-order chi connectivity index (χ1) is 12.7. The summed E-state index contributed by atoms with van der Waals surface area (Å²) in [6, 6.07) is 26.5. The van der Waals surface area contributed by atoms with Crippen molar-refractivity contribution in [2.45, 2.75) is 31.3 Å². The van der Waals surface area contributed by atoms with Gasteiger partial charge in [0.1, 0.15) is 0 Å². The van der Waals surface area contributed by atoms with Gasteiger partial charge in [0.15, 0.2) is 0 Å². The van der Waals surface area contributed by atoms with Gasteiger partial charge in [0.25, 0.3) is 5.79 Å². The van der Waals surface area contributed by atoms with Crippen molar-refractivity contribution < 1.29 is 14.5 Å². The van der Waals surface area contributed by atoms with Crippen LogP contribution in [0.25, 0.3) is 0 Å². The highest BCUT2D eigenvalue weighted by molar-refractivity contribution is 5.46. The number of rotatable bonds is 2. The number of benzene rings is 3. The molecule has 3 nitrogen and oxygen atoms in total. The van der Waals surface area contributed by atoms with Gasteiger partial charge in [-0.25, -0.2) is 0 Å². The van der Waals surface area contributed by atoms with Gasteiger partial charge in [-0.2, -0.15) is 9.78 Å². The van der Waals surface area contributed by atoms with Gasteiger partial charge in [0.2, 0.25) is 5.79 Å². The predicted molar refractivity (Wildman–Crippen MR) is 98.2 cm³/mol. The monoisotopic (exact) mass is 344 g/mol. The van der Waals surface area contributed by atoms with Crippen molar-refractivity contribution in [3.63, 3.8) is 0 Å². The zero-order chi connectivity index (χ0) is 17.8. The molecule has 3 unspecified atom stereocenters. The van der Waals surface area contributed by atoms with Crippen LogP contribution in [0, 0.1) is 6.92 Å². The summed E-state index contributed by atoms with van der Waals surface area (Å²) in [4.78, 5) is 12.0. The first kappa shape index (κ1) is 15.8. The molecule has 3 atom stereocenters. The molecule has 0 aliphatic carbocycles. The Kier molecular flexibility index (Phi) is 3.35. The highest BCUT2D eigenvalue weighted by atomic mass is 17.3. The molecular weight excluding hydrogens is 324 g/mol. The van der Waals surface area contributed by atoms with E-state index < -0.39 is 11.6 Å². The Balaban J connectivity index is 1.76. The van der Waals surface area contributed by atoms with Gasteiger partial charge < -0.3 is 0 Å². The molecule has 0 saturated carbocycles. The summed E-state index contributed by atoms with van der Waals surface area (Å²) >= 11 is 0. The Labute approximate surface area is 153 Å². The Morgan fingerprint density at radius 1 is 0.731 bits per heavy atom. The van der Waals surface area contributed by atoms with Gasteiger partial charge in [-0.15, -0.1) is 0 Å². The molecule has 0 spiro atoms. The molecule has 3 heteroatoms. The molecule has 130 valence electrons. The lowest BCUT2D eigenvalue weighted by atomic mass is 9.78. The van der Waals surface area contributed by atoms with E-state index in [0.29, 0.717) is 0 Å². The van der Waals surface area contributed by atoms with Crippen molar-refractivity contribution >= 4 is 0 Å². The fourth-order valence-electron chi connectivity index (χ4n) is 4.07. The third-order valence-electron chi connectivity index (χ3n) is 5.54. The molecule has 0 N–H and O–H groups in total. The fourth-order valence-corrected chi connectivity index (χ4v) is 4.07. The molecule has 0 radical (unpaired) electrons. The minimum absolute atomic E-state index is 0.0119. The quantitative estimate of drug-likeness (QED) is 0.602. The summed E-state index contributed by atoms with van der Waals surface area (Å²) in [5.41, 5.74) is 5.26. The second-order valence-electron chi connectivity index (χ2n) is 7.09. The fraction of sp³-hybridized carbons (Fsp3) is 0.217. The maximum atomic E-state index is 6.68. The van der Waals surface area contributed by atoms with Gasteiger partial charge in [0, 0.05) is 22.6 Å². The van der Waals surface area contributed by atoms with Gasteiger partial charge >= 0.3 is 0 Å². The molecule has 26 heavy (non-hydrogen) atoms. The van der Waals surface area contributed by atoms with Crippen LogP contribution in [0.15, 0.2) is 78.9 Å². The van der Waals surface area contributed by atoms with Crippen LogP contribution in [-0.4, -0.2) is 0 Å². The normalized spacial score (nSPS) is 29.4. The lowest BCUT2D eigenvalue weighted by Gasteiger charge is -2.40. The Hall–Kier alpha value is -2.46. The maximum Gasteiger partial charge on any atom is 0.257 e. The van der Waals surface area contributed by atoms with E-state index in [9.17, 15) is 0 Å². The van der Waals surface area contributed by atoms with Crippen molar-refractivity contribution in [1.82, 2.24) is 0 Å². The first-order valence-corrected chi connectivity index (χ1v) is 8.95. The minimum Gasteiger partial charge on any atom is -0.300 e. The van der Waals surface area contributed by atoms with Crippen LogP contribution >= 0.6 is 0 Å². The van der Waals surface area contributed by atoms with Gasteiger partial charge in [0.05, 0.1) is 0 Å². The molecule has 0 aromatic heterocycles. The van der Waals surface area contributed by atoms with Gasteiger partial charge in [-0.3, -0.25) is 4.74 Å². The molecule has 3 aromatic carbocycles. The number of ether oxygens (including phenoxy) is 1. The van der Waals surface area contributed by atoms with Crippen molar-refractivity contribution in [1.29, 1.82) is 0 Å². The van der Waals surface area contributed by atoms with Gasteiger partial charge in [-0.05, 0) is 12.5 Å². The van der Waals surface area contributed by atoms with Crippen LogP contribution in [0.2, 0.25) is 0 Å². The second kappa shape index (κ2) is 5.52. The third-order valence-corrected chi connectivity index (χ3v) is 5.54. The lowest BCUT2D eigenvalue weighted by molar-refractivity contribution is -0.350. The zero-order valence-corrected chi connectivity index (χ0v) is 14.8. The van der Waals surface area contributed by atoms with Crippen LogP contribution in [-0.2, 0) is 26.1 Å². The van der Waals surface area contributed by atoms with E-state index in [0.717, 1.165) is 16.7 Å². The lowest BCUT2D eigenvalue weighted by Crippen LogP contribution is -2.43. The molecule has 1 fully saturated rings. The second-order valence-corrected chi connectivity index (χ2v) is 7.09. The smallest absolute Gasteiger partial charge is 0.257 e. The standard InChI is InChI=1S/C23H20O3/c1-16-12-14-19(15-13-16)23-21-11-7-6-10-20(21)17(2)22(24-23,25-26-23)18-8-4-3-5-9-18/h3-15,17H,1-2H3.